The SMILES string of the molecule is CC1C2Cc3ccccc3C1(C)CCN2C.Cl. The predicted octanol–water partition coefficient (Wildman–Crippen LogP) is 3.26. The molecule has 17 heavy (non-hydrogen) atoms. The lowest BCUT2D eigenvalue weighted by molar-refractivity contribution is 0.0508. The molecule has 1 aliphatic heterocycles. The molecule has 0 saturated carbocycles. The van der Waals surface area contributed by atoms with Crippen LogP contribution in [-0.2, 0) is 11.8 Å². The number of benzene rings is 1. The minimum Gasteiger partial charge on any atom is -0.303 e. The lowest BCUT2D eigenvalue weighted by atomic mass is 9.59. The first-order valence-electron chi connectivity index (χ1n) is 6.41. The molecule has 3 atom stereocenters. The van der Waals surface area contributed by atoms with E-state index in [4.69, 9.17) is 0 Å². The molecule has 2 bridgehead atoms. The second kappa shape index (κ2) is 4.29. The van der Waals surface area contributed by atoms with E-state index in [2.05, 4.69) is 50.1 Å². The Hall–Kier alpha value is -0.530. The quantitative estimate of drug-likeness (QED) is 0.684. The van der Waals surface area contributed by atoms with E-state index in [9.17, 15) is 0 Å². The monoisotopic (exact) mass is 251 g/mol. The summed E-state index contributed by atoms with van der Waals surface area (Å²) in [6, 6.07) is 9.82. The van der Waals surface area contributed by atoms with Gasteiger partial charge in [0.15, 0.2) is 0 Å². The Labute approximate surface area is 111 Å². The highest BCUT2D eigenvalue weighted by molar-refractivity contribution is 5.85. The molecule has 1 fully saturated rings. The first-order chi connectivity index (χ1) is 7.63. The summed E-state index contributed by atoms with van der Waals surface area (Å²) in [5, 5.41) is 0. The van der Waals surface area contributed by atoms with Gasteiger partial charge < -0.3 is 4.90 Å². The van der Waals surface area contributed by atoms with Crippen molar-refractivity contribution < 1.29 is 0 Å². The number of likely N-dealkylation sites (N-methyl/N-ethyl adjacent to an activating group) is 1. The van der Waals surface area contributed by atoms with Crippen molar-refractivity contribution in [1.29, 1.82) is 0 Å². The van der Waals surface area contributed by atoms with Crippen molar-refractivity contribution in [3.05, 3.63) is 35.4 Å². The van der Waals surface area contributed by atoms with Gasteiger partial charge in [-0.2, -0.15) is 0 Å². The van der Waals surface area contributed by atoms with Crippen molar-refractivity contribution in [1.82, 2.24) is 4.90 Å². The number of likely N-dealkylation sites (tertiary alicyclic amines) is 1. The van der Waals surface area contributed by atoms with Crippen molar-refractivity contribution >= 4 is 12.4 Å². The molecular weight excluding hydrogens is 230 g/mol. The van der Waals surface area contributed by atoms with Crippen LogP contribution in [0.3, 0.4) is 0 Å². The zero-order valence-electron chi connectivity index (χ0n) is 10.9. The van der Waals surface area contributed by atoms with E-state index in [1.165, 1.54) is 19.4 Å². The molecule has 1 aromatic rings. The minimum absolute atomic E-state index is 0. The van der Waals surface area contributed by atoms with E-state index >= 15 is 0 Å². The highest BCUT2D eigenvalue weighted by atomic mass is 35.5. The van der Waals surface area contributed by atoms with E-state index in [1.807, 2.05) is 0 Å². The van der Waals surface area contributed by atoms with Gasteiger partial charge in [0, 0.05) is 6.04 Å². The van der Waals surface area contributed by atoms with Gasteiger partial charge in [0.05, 0.1) is 0 Å². The summed E-state index contributed by atoms with van der Waals surface area (Å²) < 4.78 is 0. The van der Waals surface area contributed by atoms with Gasteiger partial charge in [-0.05, 0) is 48.9 Å². The van der Waals surface area contributed by atoms with Gasteiger partial charge in [0.25, 0.3) is 0 Å². The predicted molar refractivity (Wildman–Crippen MR) is 74.9 cm³/mol. The van der Waals surface area contributed by atoms with Crippen LogP contribution in [0.25, 0.3) is 0 Å². The third kappa shape index (κ3) is 1.71. The smallest absolute Gasteiger partial charge is 0.0167 e. The molecule has 0 N–H and O–H groups in total. The Morgan fingerprint density at radius 1 is 1.29 bits per heavy atom. The van der Waals surface area contributed by atoms with Gasteiger partial charge in [-0.25, -0.2) is 0 Å². The molecule has 0 aromatic heterocycles. The summed E-state index contributed by atoms with van der Waals surface area (Å²) in [6.45, 7) is 6.16. The summed E-state index contributed by atoms with van der Waals surface area (Å²) in [4.78, 5) is 2.56. The molecule has 1 saturated heterocycles. The van der Waals surface area contributed by atoms with Gasteiger partial charge in [-0.1, -0.05) is 38.1 Å². The lowest BCUT2D eigenvalue weighted by Gasteiger charge is -2.53. The first-order valence-corrected chi connectivity index (χ1v) is 6.41. The molecule has 3 rings (SSSR count). The van der Waals surface area contributed by atoms with Gasteiger partial charge in [0.2, 0.25) is 0 Å². The van der Waals surface area contributed by atoms with Crippen LogP contribution in [0.5, 0.6) is 0 Å². The van der Waals surface area contributed by atoms with E-state index in [0.29, 0.717) is 5.41 Å². The van der Waals surface area contributed by atoms with Crippen molar-refractivity contribution in [3.63, 3.8) is 0 Å². The van der Waals surface area contributed by atoms with E-state index in [-0.39, 0.29) is 12.4 Å². The Morgan fingerprint density at radius 3 is 2.76 bits per heavy atom. The molecule has 1 aromatic carbocycles. The maximum absolute atomic E-state index is 2.56. The van der Waals surface area contributed by atoms with Crippen LogP contribution in [0.1, 0.15) is 31.4 Å². The number of fused-ring (bicyclic) bond motifs is 4. The standard InChI is InChI=1S/C15H21N.ClH/c1-11-14-10-12-6-4-5-7-13(12)15(11,2)8-9-16(14)3;/h4-7,11,14H,8-10H2,1-3H3;1H. The highest BCUT2D eigenvalue weighted by Crippen LogP contribution is 2.47. The van der Waals surface area contributed by atoms with Crippen molar-refractivity contribution in [2.75, 3.05) is 13.6 Å². The van der Waals surface area contributed by atoms with Crippen molar-refractivity contribution in [2.45, 2.75) is 38.1 Å². The summed E-state index contributed by atoms with van der Waals surface area (Å²) in [6.07, 6.45) is 2.54. The van der Waals surface area contributed by atoms with Crippen molar-refractivity contribution in [3.8, 4) is 0 Å². The fourth-order valence-electron chi connectivity index (χ4n) is 3.80. The maximum Gasteiger partial charge on any atom is 0.0167 e. The molecule has 0 amide bonds. The van der Waals surface area contributed by atoms with Crippen LogP contribution in [-0.4, -0.2) is 24.5 Å². The Kier molecular flexibility index (Phi) is 3.26. The van der Waals surface area contributed by atoms with Crippen LogP contribution in [0.15, 0.2) is 24.3 Å². The second-order valence-electron chi connectivity index (χ2n) is 5.87. The van der Waals surface area contributed by atoms with E-state index in [0.717, 1.165) is 12.0 Å². The molecule has 2 aliphatic rings. The maximum atomic E-state index is 2.56. The number of hydrogen-bond acceptors (Lipinski definition) is 1. The van der Waals surface area contributed by atoms with Crippen LogP contribution < -0.4 is 0 Å². The number of halogens is 1. The average molecular weight is 252 g/mol. The third-order valence-corrected chi connectivity index (χ3v) is 5.19. The van der Waals surface area contributed by atoms with Gasteiger partial charge in [0.1, 0.15) is 0 Å². The first kappa shape index (κ1) is 12.9. The molecular formula is C15H22ClN. The molecule has 94 valence electrons. The number of hydrogen-bond donors (Lipinski definition) is 0. The third-order valence-electron chi connectivity index (χ3n) is 5.19. The summed E-state index contributed by atoms with van der Waals surface area (Å²) >= 11 is 0. The zero-order chi connectivity index (χ0) is 11.3. The fraction of sp³-hybridized carbons (Fsp3) is 0.600. The van der Waals surface area contributed by atoms with Crippen LogP contribution in [0.4, 0.5) is 0 Å². The van der Waals surface area contributed by atoms with E-state index < -0.39 is 0 Å². The van der Waals surface area contributed by atoms with Crippen LogP contribution in [0, 0.1) is 5.92 Å². The van der Waals surface area contributed by atoms with Crippen LogP contribution in [0.2, 0.25) is 0 Å². The summed E-state index contributed by atoms with van der Waals surface area (Å²) in [7, 11) is 2.29. The minimum atomic E-state index is 0. The summed E-state index contributed by atoms with van der Waals surface area (Å²) in [5.41, 5.74) is 3.61. The second-order valence-corrected chi connectivity index (χ2v) is 5.87. The zero-order valence-corrected chi connectivity index (χ0v) is 11.8. The number of piperidine rings is 1. The topological polar surface area (TPSA) is 3.24 Å². The van der Waals surface area contributed by atoms with E-state index in [1.54, 1.807) is 11.1 Å². The Balaban J connectivity index is 0.00000108. The van der Waals surface area contributed by atoms with Gasteiger partial charge in [-0.15, -0.1) is 12.4 Å². The molecule has 3 unspecified atom stereocenters. The molecule has 1 heterocycles. The van der Waals surface area contributed by atoms with Crippen molar-refractivity contribution in [2.24, 2.45) is 5.92 Å². The Morgan fingerprint density at radius 2 is 2.00 bits per heavy atom. The van der Waals surface area contributed by atoms with Gasteiger partial charge in [-0.3, -0.25) is 0 Å². The largest absolute Gasteiger partial charge is 0.303 e. The normalized spacial score (nSPS) is 35.9. The molecule has 0 radical (unpaired) electrons. The summed E-state index contributed by atoms with van der Waals surface area (Å²) in [5.74, 6) is 0.779. The molecule has 0 spiro atoms. The lowest BCUT2D eigenvalue weighted by Crippen LogP contribution is -2.56. The molecule has 1 aliphatic carbocycles. The highest BCUT2D eigenvalue weighted by Gasteiger charge is 2.46. The number of rotatable bonds is 0. The number of nitrogens with zero attached hydrogens (tertiary/aromatic N) is 1. The molecule has 1 nitrogen and oxygen atoms in total. The van der Waals surface area contributed by atoms with Gasteiger partial charge >= 0.3 is 0 Å². The Bertz CT molecular complexity index is 417. The average Bonchev–Trinajstić information content (AvgIpc) is 2.29. The molecule has 2 heteroatoms. The fourth-order valence-corrected chi connectivity index (χ4v) is 3.80. The van der Waals surface area contributed by atoms with Crippen LogP contribution >= 0.6 is 12.4 Å².